The van der Waals surface area contributed by atoms with E-state index >= 15 is 0 Å². The first-order valence-corrected chi connectivity index (χ1v) is 6.78. The van der Waals surface area contributed by atoms with Crippen molar-refractivity contribution in [2.45, 2.75) is 19.1 Å². The van der Waals surface area contributed by atoms with E-state index in [0.717, 1.165) is 0 Å². The molecule has 19 heavy (non-hydrogen) atoms. The van der Waals surface area contributed by atoms with Crippen molar-refractivity contribution < 1.29 is 19.9 Å². The largest absolute Gasteiger partial charge is 0.394 e. The van der Waals surface area contributed by atoms with Crippen molar-refractivity contribution in [3.63, 3.8) is 0 Å². The highest BCUT2D eigenvalue weighted by atomic mass is 32.1. The molecule has 0 radical (unpaired) electrons. The Kier molecular flexibility index (Phi) is 4.35. The van der Waals surface area contributed by atoms with E-state index in [9.17, 15) is 15.2 Å². The number of aliphatic hydroxyl groups excluding tert-OH is 2. The molecule has 106 valence electrons. The maximum Gasteiger partial charge on any atom is 0.304 e. The van der Waals surface area contributed by atoms with Gasteiger partial charge in [0.1, 0.15) is 0 Å². The lowest BCUT2D eigenvalue weighted by Crippen LogP contribution is -2.43. The monoisotopic (exact) mass is 288 g/mol. The first-order chi connectivity index (χ1) is 9.02. The van der Waals surface area contributed by atoms with Gasteiger partial charge in [0.05, 0.1) is 30.3 Å². The van der Waals surface area contributed by atoms with Gasteiger partial charge in [-0.05, 0) is 6.92 Å². The molecule has 2 rings (SSSR count). The van der Waals surface area contributed by atoms with Crippen LogP contribution in [0.1, 0.15) is 17.9 Å². The van der Waals surface area contributed by atoms with E-state index in [1.54, 1.807) is 6.92 Å². The Bertz CT molecular complexity index is 462. The van der Waals surface area contributed by atoms with Gasteiger partial charge in [0.15, 0.2) is 5.00 Å². The van der Waals surface area contributed by atoms with Crippen molar-refractivity contribution in [1.82, 2.24) is 0 Å². The molecule has 0 spiro atoms. The van der Waals surface area contributed by atoms with Crippen LogP contribution in [0, 0.1) is 10.1 Å². The first kappa shape index (κ1) is 14.2. The van der Waals surface area contributed by atoms with E-state index in [0.29, 0.717) is 29.6 Å². The van der Waals surface area contributed by atoms with Gasteiger partial charge in [-0.2, -0.15) is 0 Å². The van der Waals surface area contributed by atoms with Crippen LogP contribution < -0.4 is 4.90 Å². The Morgan fingerprint density at radius 2 is 2.47 bits per heavy atom. The number of nitro groups is 1. The van der Waals surface area contributed by atoms with E-state index in [-0.39, 0.29) is 18.4 Å². The Morgan fingerprint density at radius 1 is 1.74 bits per heavy atom. The lowest BCUT2D eigenvalue weighted by Gasteiger charge is -2.32. The maximum atomic E-state index is 11.1. The Hall–Kier alpha value is -1.22. The predicted octanol–water partition coefficient (Wildman–Crippen LogP) is 0.907. The second-order valence-corrected chi connectivity index (χ2v) is 5.46. The molecule has 1 saturated heterocycles. The fraction of sp³-hybridized carbons (Fsp3) is 0.636. The van der Waals surface area contributed by atoms with Gasteiger partial charge in [0, 0.05) is 24.0 Å². The van der Waals surface area contributed by atoms with Crippen LogP contribution in [0.2, 0.25) is 0 Å². The van der Waals surface area contributed by atoms with Gasteiger partial charge < -0.3 is 19.8 Å². The quantitative estimate of drug-likeness (QED) is 0.631. The summed E-state index contributed by atoms with van der Waals surface area (Å²) in [5, 5.41) is 30.2. The fourth-order valence-electron chi connectivity index (χ4n) is 1.97. The molecular weight excluding hydrogens is 272 g/mol. The summed E-state index contributed by atoms with van der Waals surface area (Å²) in [7, 11) is 0. The minimum absolute atomic E-state index is 0.000472. The molecule has 2 N–H and O–H groups in total. The van der Waals surface area contributed by atoms with Crippen LogP contribution in [0.5, 0.6) is 0 Å². The van der Waals surface area contributed by atoms with Gasteiger partial charge in [0.2, 0.25) is 0 Å². The molecule has 8 heteroatoms. The van der Waals surface area contributed by atoms with Crippen LogP contribution in [0.25, 0.3) is 0 Å². The van der Waals surface area contributed by atoms with E-state index in [4.69, 9.17) is 9.84 Å². The number of nitrogens with zero attached hydrogens (tertiary/aromatic N) is 2. The molecule has 0 aromatic carbocycles. The van der Waals surface area contributed by atoms with Gasteiger partial charge in [-0.1, -0.05) is 0 Å². The summed E-state index contributed by atoms with van der Waals surface area (Å²) in [6.45, 7) is 2.84. The van der Waals surface area contributed by atoms with Crippen LogP contribution in [0.4, 0.5) is 10.7 Å². The average molecular weight is 288 g/mol. The minimum Gasteiger partial charge on any atom is -0.394 e. The number of thiophene rings is 1. The van der Waals surface area contributed by atoms with Gasteiger partial charge in [0.25, 0.3) is 0 Å². The summed E-state index contributed by atoms with van der Waals surface area (Å²) in [6.07, 6.45) is -1.06. The normalized spacial score (nSPS) is 21.4. The summed E-state index contributed by atoms with van der Waals surface area (Å²) in [5.74, 6) is 0. The molecule has 1 fully saturated rings. The highest BCUT2D eigenvalue weighted by molar-refractivity contribution is 7.16. The molecule has 1 unspecified atom stereocenters. The number of rotatable bonds is 4. The Balaban J connectivity index is 2.29. The number of anilines is 1. The van der Waals surface area contributed by atoms with Gasteiger partial charge in [-0.15, -0.1) is 11.3 Å². The summed E-state index contributed by atoms with van der Waals surface area (Å²) in [4.78, 5) is 13.0. The average Bonchev–Trinajstić information content (AvgIpc) is 2.84. The molecule has 1 aromatic rings. The molecule has 0 aliphatic carbocycles. The van der Waals surface area contributed by atoms with Crippen LogP contribution in [-0.2, 0) is 4.74 Å². The first-order valence-electron chi connectivity index (χ1n) is 5.96. The third kappa shape index (κ3) is 3.03. The summed E-state index contributed by atoms with van der Waals surface area (Å²) in [6, 6.07) is 1.41. The number of ether oxygens (including phenoxy) is 1. The molecule has 1 aliphatic rings. The highest BCUT2D eigenvalue weighted by Gasteiger charge is 2.29. The number of morpholine rings is 1. The van der Waals surface area contributed by atoms with Gasteiger partial charge in [-0.3, -0.25) is 10.1 Å². The Morgan fingerprint density at radius 3 is 3.05 bits per heavy atom. The molecule has 1 aromatic heterocycles. The molecule has 2 heterocycles. The molecular formula is C11H16N2O5S. The maximum absolute atomic E-state index is 11.1. The van der Waals surface area contributed by atoms with Gasteiger partial charge >= 0.3 is 5.69 Å². The molecule has 1 aliphatic heterocycles. The van der Waals surface area contributed by atoms with Crippen LogP contribution in [0.15, 0.2) is 6.07 Å². The molecule has 0 saturated carbocycles. The third-order valence-corrected chi connectivity index (χ3v) is 4.31. The topological polar surface area (TPSA) is 96.1 Å². The van der Waals surface area contributed by atoms with Crippen molar-refractivity contribution in [3.8, 4) is 0 Å². The predicted molar refractivity (Wildman–Crippen MR) is 70.6 cm³/mol. The van der Waals surface area contributed by atoms with E-state index in [1.165, 1.54) is 17.4 Å². The van der Waals surface area contributed by atoms with Crippen molar-refractivity contribution in [2.75, 3.05) is 31.2 Å². The smallest absolute Gasteiger partial charge is 0.304 e. The summed E-state index contributed by atoms with van der Waals surface area (Å²) in [5.41, 5.74) is -0.000472. The van der Waals surface area contributed by atoms with E-state index in [2.05, 4.69) is 0 Å². The van der Waals surface area contributed by atoms with Crippen molar-refractivity contribution in [3.05, 3.63) is 21.1 Å². The van der Waals surface area contributed by atoms with Crippen molar-refractivity contribution in [1.29, 1.82) is 0 Å². The van der Waals surface area contributed by atoms with E-state index < -0.39 is 11.0 Å². The number of hydrogen-bond donors (Lipinski definition) is 2. The number of aliphatic hydroxyl groups is 2. The highest BCUT2D eigenvalue weighted by Crippen LogP contribution is 2.40. The molecule has 7 nitrogen and oxygen atoms in total. The molecule has 0 amide bonds. The second-order valence-electron chi connectivity index (χ2n) is 4.39. The Labute approximate surface area is 114 Å². The fourth-order valence-corrected chi connectivity index (χ4v) is 3.06. The van der Waals surface area contributed by atoms with E-state index in [1.807, 2.05) is 4.90 Å². The lowest BCUT2D eigenvalue weighted by atomic mass is 10.2. The van der Waals surface area contributed by atoms with Crippen LogP contribution in [-0.4, -0.2) is 47.5 Å². The van der Waals surface area contributed by atoms with Gasteiger partial charge in [-0.25, -0.2) is 0 Å². The molecule has 2 atom stereocenters. The lowest BCUT2D eigenvalue weighted by molar-refractivity contribution is -0.383. The number of hydrogen-bond acceptors (Lipinski definition) is 7. The van der Waals surface area contributed by atoms with Crippen molar-refractivity contribution >= 4 is 22.0 Å². The minimum atomic E-state index is -0.730. The van der Waals surface area contributed by atoms with Crippen LogP contribution >= 0.6 is 11.3 Å². The second kappa shape index (κ2) is 5.83. The third-order valence-electron chi connectivity index (χ3n) is 2.95. The van der Waals surface area contributed by atoms with Crippen LogP contribution in [0.3, 0.4) is 0 Å². The molecule has 0 bridgehead atoms. The summed E-state index contributed by atoms with van der Waals surface area (Å²) < 4.78 is 5.33. The zero-order valence-electron chi connectivity index (χ0n) is 10.5. The summed E-state index contributed by atoms with van der Waals surface area (Å²) >= 11 is 1.21. The zero-order chi connectivity index (χ0) is 14.0. The van der Waals surface area contributed by atoms with Crippen molar-refractivity contribution in [2.24, 2.45) is 0 Å². The zero-order valence-corrected chi connectivity index (χ0v) is 11.3. The standard InChI is InChI=1S/C11H16N2O5S/c1-7(15)10-4-9(13(16)17)11(19-10)12-2-3-18-8(5-12)6-14/h4,7-8,14-15H,2-3,5-6H2,1H3/t7-,8?/m1/s1. The SMILES string of the molecule is C[C@@H](O)c1cc([N+](=O)[O-])c(N2CCOC(CO)C2)s1.